The lowest BCUT2D eigenvalue weighted by molar-refractivity contribution is -0.120. The van der Waals surface area contributed by atoms with E-state index < -0.39 is 5.54 Å². The zero-order valence-electron chi connectivity index (χ0n) is 16.2. The van der Waals surface area contributed by atoms with Gasteiger partial charge in [0.05, 0.1) is 11.8 Å². The molecule has 1 amide bonds. The fraction of sp³-hybridized carbons (Fsp3) is 0.500. The van der Waals surface area contributed by atoms with Gasteiger partial charge in [-0.05, 0) is 43.9 Å². The highest BCUT2D eigenvalue weighted by Gasteiger charge is 2.33. The number of nitrogens with zero attached hydrogens (tertiary/aromatic N) is 3. The number of aryl methyl sites for hydroxylation is 2. The van der Waals surface area contributed by atoms with Gasteiger partial charge in [-0.1, -0.05) is 43.2 Å². The van der Waals surface area contributed by atoms with Crippen LogP contribution in [0.25, 0.3) is 0 Å². The first-order chi connectivity index (χ1) is 13.5. The van der Waals surface area contributed by atoms with Crippen LogP contribution >= 0.6 is 11.8 Å². The predicted octanol–water partition coefficient (Wildman–Crippen LogP) is 3.70. The number of carbonyl (C=O) groups excluding carboxylic acids is 1. The molecule has 1 aromatic carbocycles. The third-order valence-corrected chi connectivity index (χ3v) is 5.59. The number of aromatic nitrogens is 2. The molecule has 0 spiro atoms. The van der Waals surface area contributed by atoms with Gasteiger partial charge in [0.25, 0.3) is 11.1 Å². The molecule has 1 heterocycles. The molecule has 0 radical (unpaired) electrons. The van der Waals surface area contributed by atoms with Crippen molar-refractivity contribution in [2.75, 3.05) is 5.75 Å². The standard InChI is InChI=1S/C20H24N4O3S/c1-14-6-7-15(2)16(10-14)26-11-18-23-24-19(27-18)28-12-17(25)22-20(13-21)8-4-3-5-9-20/h6-7,10H,3-5,8-9,11-12H2,1-2H3,(H,22,25). The smallest absolute Gasteiger partial charge is 0.277 e. The Hall–Kier alpha value is -2.53. The fourth-order valence-electron chi connectivity index (χ4n) is 3.21. The molecule has 0 saturated heterocycles. The van der Waals surface area contributed by atoms with E-state index >= 15 is 0 Å². The van der Waals surface area contributed by atoms with Gasteiger partial charge in [-0.2, -0.15) is 5.26 Å². The van der Waals surface area contributed by atoms with Gasteiger partial charge in [-0.3, -0.25) is 4.79 Å². The van der Waals surface area contributed by atoms with Crippen molar-refractivity contribution in [1.29, 1.82) is 5.26 Å². The molecule has 0 unspecified atom stereocenters. The quantitative estimate of drug-likeness (QED) is 0.707. The van der Waals surface area contributed by atoms with Crippen LogP contribution in [0.2, 0.25) is 0 Å². The number of nitriles is 1. The third kappa shape index (κ3) is 5.26. The normalized spacial score (nSPS) is 15.6. The van der Waals surface area contributed by atoms with Crippen molar-refractivity contribution in [3.8, 4) is 11.8 Å². The Morgan fingerprint density at radius 1 is 1.32 bits per heavy atom. The second-order valence-electron chi connectivity index (χ2n) is 7.11. The van der Waals surface area contributed by atoms with Crippen LogP contribution < -0.4 is 10.1 Å². The lowest BCUT2D eigenvalue weighted by Gasteiger charge is -2.31. The van der Waals surface area contributed by atoms with Crippen molar-refractivity contribution in [2.24, 2.45) is 0 Å². The summed E-state index contributed by atoms with van der Waals surface area (Å²) in [6.07, 6.45) is 4.46. The van der Waals surface area contributed by atoms with Gasteiger partial charge in [0, 0.05) is 0 Å². The Morgan fingerprint density at radius 3 is 2.86 bits per heavy atom. The maximum absolute atomic E-state index is 12.2. The maximum atomic E-state index is 12.2. The first-order valence-corrected chi connectivity index (χ1v) is 10.4. The Balaban J connectivity index is 1.48. The number of hydrogen-bond acceptors (Lipinski definition) is 7. The Bertz CT molecular complexity index is 869. The molecule has 1 fully saturated rings. The largest absolute Gasteiger partial charge is 0.484 e. The first kappa shape index (κ1) is 20.2. The van der Waals surface area contributed by atoms with Crippen molar-refractivity contribution in [3.05, 3.63) is 35.2 Å². The minimum Gasteiger partial charge on any atom is -0.484 e. The van der Waals surface area contributed by atoms with Crippen LogP contribution in [0.1, 0.15) is 49.1 Å². The van der Waals surface area contributed by atoms with E-state index in [1.807, 2.05) is 32.0 Å². The number of amides is 1. The molecule has 1 aromatic heterocycles. The molecule has 2 aromatic rings. The van der Waals surface area contributed by atoms with Crippen molar-refractivity contribution in [2.45, 2.75) is 63.3 Å². The third-order valence-electron chi connectivity index (χ3n) is 4.77. The highest BCUT2D eigenvalue weighted by atomic mass is 32.2. The molecule has 3 rings (SSSR count). The van der Waals surface area contributed by atoms with Crippen LogP contribution in [-0.2, 0) is 11.4 Å². The zero-order chi connectivity index (χ0) is 20.0. The van der Waals surface area contributed by atoms with Gasteiger partial charge in [0.15, 0.2) is 6.61 Å². The fourth-order valence-corrected chi connectivity index (χ4v) is 3.79. The van der Waals surface area contributed by atoms with Crippen LogP contribution in [0.15, 0.2) is 27.8 Å². The van der Waals surface area contributed by atoms with Crippen LogP contribution in [0.4, 0.5) is 0 Å². The Labute approximate surface area is 168 Å². The van der Waals surface area contributed by atoms with E-state index in [1.54, 1.807) is 0 Å². The predicted molar refractivity (Wildman–Crippen MR) is 105 cm³/mol. The number of nitrogens with one attached hydrogen (secondary N) is 1. The summed E-state index contributed by atoms with van der Waals surface area (Å²) in [4.78, 5) is 12.2. The van der Waals surface area contributed by atoms with Gasteiger partial charge < -0.3 is 14.5 Å². The summed E-state index contributed by atoms with van der Waals surface area (Å²) in [6.45, 7) is 4.15. The lowest BCUT2D eigenvalue weighted by atomic mass is 9.83. The van der Waals surface area contributed by atoms with E-state index in [9.17, 15) is 10.1 Å². The average Bonchev–Trinajstić information content (AvgIpc) is 3.16. The Kier molecular flexibility index (Phi) is 6.57. The van der Waals surface area contributed by atoms with Crippen LogP contribution in [-0.4, -0.2) is 27.4 Å². The second kappa shape index (κ2) is 9.11. The van der Waals surface area contributed by atoms with E-state index in [0.717, 1.165) is 47.9 Å². The van der Waals surface area contributed by atoms with Gasteiger partial charge in [0.1, 0.15) is 11.3 Å². The number of hydrogen-bond donors (Lipinski definition) is 1. The second-order valence-corrected chi connectivity index (χ2v) is 8.04. The lowest BCUT2D eigenvalue weighted by Crippen LogP contribution is -2.49. The monoisotopic (exact) mass is 400 g/mol. The summed E-state index contributed by atoms with van der Waals surface area (Å²) >= 11 is 1.16. The van der Waals surface area contributed by atoms with E-state index in [0.29, 0.717) is 24.0 Å². The Morgan fingerprint density at radius 2 is 2.11 bits per heavy atom. The number of carbonyl (C=O) groups is 1. The van der Waals surface area contributed by atoms with Crippen molar-refractivity contribution >= 4 is 17.7 Å². The number of benzene rings is 1. The minimum absolute atomic E-state index is 0.128. The molecule has 148 valence electrons. The van der Waals surface area contributed by atoms with E-state index in [4.69, 9.17) is 9.15 Å². The van der Waals surface area contributed by atoms with Gasteiger partial charge in [-0.15, -0.1) is 10.2 Å². The molecule has 1 saturated carbocycles. The summed E-state index contributed by atoms with van der Waals surface area (Å²) in [5.74, 6) is 1.06. The molecule has 1 aliphatic carbocycles. The summed E-state index contributed by atoms with van der Waals surface area (Å²) in [6, 6.07) is 8.27. The summed E-state index contributed by atoms with van der Waals surface area (Å²) in [5.41, 5.74) is 1.42. The number of rotatable bonds is 7. The molecular formula is C20H24N4O3S. The van der Waals surface area contributed by atoms with Gasteiger partial charge >= 0.3 is 0 Å². The highest BCUT2D eigenvalue weighted by Crippen LogP contribution is 2.28. The van der Waals surface area contributed by atoms with Crippen LogP contribution in [0, 0.1) is 25.2 Å². The molecule has 8 heteroatoms. The van der Waals surface area contributed by atoms with E-state index in [2.05, 4.69) is 21.6 Å². The minimum atomic E-state index is -0.727. The number of ether oxygens (including phenoxy) is 1. The topological polar surface area (TPSA) is 101 Å². The SMILES string of the molecule is Cc1ccc(C)c(OCc2nnc(SCC(=O)NC3(C#N)CCCCC3)o2)c1. The summed E-state index contributed by atoms with van der Waals surface area (Å²) in [7, 11) is 0. The van der Waals surface area contributed by atoms with E-state index in [1.165, 1.54) is 0 Å². The maximum Gasteiger partial charge on any atom is 0.277 e. The highest BCUT2D eigenvalue weighted by molar-refractivity contribution is 7.99. The molecular weight excluding hydrogens is 376 g/mol. The first-order valence-electron chi connectivity index (χ1n) is 9.37. The molecule has 0 atom stereocenters. The van der Waals surface area contributed by atoms with Gasteiger partial charge in [-0.25, -0.2) is 0 Å². The average molecular weight is 401 g/mol. The van der Waals surface area contributed by atoms with Crippen LogP contribution in [0.3, 0.4) is 0 Å². The molecule has 28 heavy (non-hydrogen) atoms. The van der Waals surface area contributed by atoms with Crippen molar-refractivity contribution in [1.82, 2.24) is 15.5 Å². The molecule has 0 aliphatic heterocycles. The van der Waals surface area contributed by atoms with Gasteiger partial charge in [0.2, 0.25) is 5.91 Å². The molecule has 0 bridgehead atoms. The van der Waals surface area contributed by atoms with Crippen molar-refractivity contribution < 1.29 is 13.9 Å². The molecule has 1 N–H and O–H groups in total. The van der Waals surface area contributed by atoms with E-state index in [-0.39, 0.29) is 18.3 Å². The zero-order valence-corrected chi connectivity index (χ0v) is 17.0. The molecule has 7 nitrogen and oxygen atoms in total. The summed E-state index contributed by atoms with van der Waals surface area (Å²) < 4.78 is 11.3. The summed E-state index contributed by atoms with van der Waals surface area (Å²) in [5, 5.41) is 20.5. The number of thioether (sulfide) groups is 1. The van der Waals surface area contributed by atoms with Crippen LogP contribution in [0.5, 0.6) is 5.75 Å². The van der Waals surface area contributed by atoms with Crippen molar-refractivity contribution in [3.63, 3.8) is 0 Å². The molecule has 1 aliphatic rings.